The molecule has 0 radical (unpaired) electrons. The molecule has 1 aromatic carbocycles. The highest BCUT2D eigenvalue weighted by atomic mass is 32.2. The molecule has 0 N–H and O–H groups in total. The molecule has 24 heavy (non-hydrogen) atoms. The number of hydrogen-bond acceptors (Lipinski definition) is 5. The van der Waals surface area contributed by atoms with Crippen LogP contribution in [-0.2, 0) is 19.9 Å². The average Bonchev–Trinajstić information content (AvgIpc) is 2.78. The van der Waals surface area contributed by atoms with Gasteiger partial charge in [-0.2, -0.15) is 4.31 Å². The summed E-state index contributed by atoms with van der Waals surface area (Å²) >= 11 is 0. The molecule has 1 aromatic rings. The van der Waals surface area contributed by atoms with Gasteiger partial charge in [0.15, 0.2) is 9.84 Å². The minimum atomic E-state index is -3.95. The Hall–Kier alpha value is -1.38. The van der Waals surface area contributed by atoms with Gasteiger partial charge in [0.1, 0.15) is 10.6 Å². The Morgan fingerprint density at radius 1 is 1.42 bits per heavy atom. The van der Waals surface area contributed by atoms with Crippen molar-refractivity contribution in [3.05, 3.63) is 36.4 Å². The van der Waals surface area contributed by atoms with Gasteiger partial charge >= 0.3 is 0 Å². The molecule has 6 nitrogen and oxygen atoms in total. The monoisotopic (exact) mass is 373 g/mol. The molecule has 2 rings (SSSR count). The van der Waals surface area contributed by atoms with Gasteiger partial charge in [0.05, 0.1) is 18.6 Å². The zero-order valence-corrected chi connectivity index (χ0v) is 15.8. The van der Waals surface area contributed by atoms with Crippen molar-refractivity contribution in [2.45, 2.75) is 30.7 Å². The lowest BCUT2D eigenvalue weighted by Crippen LogP contribution is -2.50. The molecule has 1 heterocycles. The van der Waals surface area contributed by atoms with E-state index in [9.17, 15) is 16.8 Å². The number of sulfone groups is 1. The predicted molar refractivity (Wildman–Crippen MR) is 93.5 cm³/mol. The maximum Gasteiger partial charge on any atom is 0.247 e. The second-order valence-corrected chi connectivity index (χ2v) is 10.3. The van der Waals surface area contributed by atoms with Gasteiger partial charge in [-0.1, -0.05) is 12.1 Å². The number of hydrogen-bond donors (Lipinski definition) is 0. The zero-order valence-electron chi connectivity index (χ0n) is 14.1. The van der Waals surface area contributed by atoms with E-state index >= 15 is 0 Å². The fourth-order valence-corrected chi connectivity index (χ4v) is 7.26. The van der Waals surface area contributed by atoms with E-state index in [0.29, 0.717) is 0 Å². The second-order valence-electron chi connectivity index (χ2n) is 6.32. The van der Waals surface area contributed by atoms with Crippen LogP contribution >= 0.6 is 0 Å². The van der Waals surface area contributed by atoms with Gasteiger partial charge in [0.25, 0.3) is 0 Å². The Morgan fingerprint density at radius 3 is 2.58 bits per heavy atom. The highest BCUT2D eigenvalue weighted by Gasteiger charge is 2.48. The van der Waals surface area contributed by atoms with Crippen molar-refractivity contribution in [2.75, 3.05) is 25.2 Å². The van der Waals surface area contributed by atoms with Crippen LogP contribution < -0.4 is 4.74 Å². The molecule has 0 aliphatic carbocycles. The fraction of sp³-hybridized carbons (Fsp3) is 0.500. The molecule has 1 atom stereocenters. The third-order valence-electron chi connectivity index (χ3n) is 4.27. The molecule has 0 aromatic heterocycles. The van der Waals surface area contributed by atoms with Crippen LogP contribution in [0.25, 0.3) is 0 Å². The smallest absolute Gasteiger partial charge is 0.247 e. The Balaban J connectivity index is 2.59. The number of ether oxygens (including phenoxy) is 1. The quantitative estimate of drug-likeness (QED) is 0.710. The standard InChI is InChI=1S/C16H23NO5S2/c1-5-9-17(16(3)8-10-23(18,19)12-16)24(20,21)15-11-13(2)6-7-14(15)22-4/h5-7,11H,1,8-10,12H2,2-4H3/t16-/m1/s1. The largest absolute Gasteiger partial charge is 0.495 e. The van der Waals surface area contributed by atoms with E-state index in [-0.39, 0.29) is 35.1 Å². The molecule has 1 aliphatic heterocycles. The lowest BCUT2D eigenvalue weighted by molar-refractivity contribution is 0.251. The first-order valence-corrected chi connectivity index (χ1v) is 10.8. The van der Waals surface area contributed by atoms with E-state index in [4.69, 9.17) is 4.74 Å². The summed E-state index contributed by atoms with van der Waals surface area (Å²) < 4.78 is 56.8. The van der Waals surface area contributed by atoms with Crippen molar-refractivity contribution in [2.24, 2.45) is 0 Å². The van der Waals surface area contributed by atoms with Crippen molar-refractivity contribution in [3.8, 4) is 5.75 Å². The van der Waals surface area contributed by atoms with Crippen LogP contribution in [0.4, 0.5) is 0 Å². The summed E-state index contributed by atoms with van der Waals surface area (Å²) in [5, 5.41) is 0. The molecule has 0 amide bonds. The van der Waals surface area contributed by atoms with Gasteiger partial charge in [-0.15, -0.1) is 6.58 Å². The van der Waals surface area contributed by atoms with E-state index in [1.807, 2.05) is 0 Å². The highest BCUT2D eigenvalue weighted by Crippen LogP contribution is 2.36. The minimum absolute atomic E-state index is 0.0163. The van der Waals surface area contributed by atoms with Crippen molar-refractivity contribution in [1.29, 1.82) is 0 Å². The second kappa shape index (κ2) is 6.50. The Bertz CT molecular complexity index is 845. The highest BCUT2D eigenvalue weighted by molar-refractivity contribution is 7.92. The Kier molecular flexibility index (Phi) is 5.13. The predicted octanol–water partition coefficient (Wildman–Crippen LogP) is 1.76. The maximum absolute atomic E-state index is 13.3. The van der Waals surface area contributed by atoms with Crippen molar-refractivity contribution < 1.29 is 21.6 Å². The van der Waals surface area contributed by atoms with E-state index in [0.717, 1.165) is 5.56 Å². The Morgan fingerprint density at radius 2 is 2.08 bits per heavy atom. The number of sulfonamides is 1. The molecule has 8 heteroatoms. The number of benzene rings is 1. The van der Waals surface area contributed by atoms with Gasteiger partial charge in [0.2, 0.25) is 10.0 Å². The van der Waals surface area contributed by atoms with Crippen molar-refractivity contribution in [3.63, 3.8) is 0 Å². The van der Waals surface area contributed by atoms with Gasteiger partial charge in [-0.05, 0) is 38.0 Å². The molecule has 0 bridgehead atoms. The van der Waals surface area contributed by atoms with Crippen LogP contribution in [0.1, 0.15) is 18.9 Å². The lowest BCUT2D eigenvalue weighted by Gasteiger charge is -2.36. The van der Waals surface area contributed by atoms with Crippen LogP contribution in [0.3, 0.4) is 0 Å². The fourth-order valence-electron chi connectivity index (χ4n) is 3.02. The molecule has 0 spiro atoms. The normalized spacial score (nSPS) is 23.3. The molecular formula is C16H23NO5S2. The summed E-state index contributed by atoms with van der Waals surface area (Å²) in [7, 11) is -5.80. The summed E-state index contributed by atoms with van der Waals surface area (Å²) in [6, 6.07) is 4.90. The molecule has 134 valence electrons. The summed E-state index contributed by atoms with van der Waals surface area (Å²) in [6.45, 7) is 7.11. The summed E-state index contributed by atoms with van der Waals surface area (Å²) in [6.07, 6.45) is 1.73. The van der Waals surface area contributed by atoms with Crippen LogP contribution in [0.2, 0.25) is 0 Å². The van der Waals surface area contributed by atoms with Crippen LogP contribution in [0.15, 0.2) is 35.7 Å². The average molecular weight is 373 g/mol. The first-order chi connectivity index (χ1) is 11.1. The Labute approximate surface area is 144 Å². The number of nitrogens with zero attached hydrogens (tertiary/aromatic N) is 1. The molecule has 0 unspecified atom stereocenters. The van der Waals surface area contributed by atoms with Gasteiger partial charge in [0, 0.05) is 12.1 Å². The first kappa shape index (κ1) is 19.0. The summed E-state index contributed by atoms with van der Waals surface area (Å²) in [5.41, 5.74) is -0.224. The molecule has 1 aliphatic rings. The van der Waals surface area contributed by atoms with Crippen molar-refractivity contribution in [1.82, 2.24) is 4.31 Å². The third-order valence-corrected chi connectivity index (χ3v) is 8.20. The zero-order chi connectivity index (χ0) is 18.2. The molecule has 1 saturated heterocycles. The maximum atomic E-state index is 13.3. The summed E-state index contributed by atoms with van der Waals surface area (Å²) in [5.74, 6) is 0.0258. The minimum Gasteiger partial charge on any atom is -0.495 e. The van der Waals surface area contributed by atoms with Crippen LogP contribution in [0, 0.1) is 6.92 Å². The topological polar surface area (TPSA) is 80.8 Å². The van der Waals surface area contributed by atoms with Crippen LogP contribution in [0.5, 0.6) is 5.75 Å². The van der Waals surface area contributed by atoms with E-state index in [2.05, 4.69) is 6.58 Å². The van der Waals surface area contributed by atoms with Crippen LogP contribution in [-0.4, -0.2) is 51.8 Å². The number of aryl methyl sites for hydroxylation is 1. The molecule has 0 saturated carbocycles. The SMILES string of the molecule is C=CCN([C@]1(C)CCS(=O)(=O)C1)S(=O)(=O)c1cc(C)ccc1OC. The molecular weight excluding hydrogens is 350 g/mol. The summed E-state index contributed by atoms with van der Waals surface area (Å²) in [4.78, 5) is 0.0392. The van der Waals surface area contributed by atoms with Crippen molar-refractivity contribution >= 4 is 19.9 Å². The van der Waals surface area contributed by atoms with Gasteiger partial charge in [-0.3, -0.25) is 0 Å². The van der Waals surface area contributed by atoms with E-state index < -0.39 is 25.4 Å². The first-order valence-electron chi connectivity index (χ1n) is 7.54. The number of methoxy groups -OCH3 is 1. The van der Waals surface area contributed by atoms with E-state index in [1.165, 1.54) is 23.6 Å². The molecule has 1 fully saturated rings. The number of rotatable bonds is 6. The van der Waals surface area contributed by atoms with Gasteiger partial charge in [-0.25, -0.2) is 16.8 Å². The van der Waals surface area contributed by atoms with E-state index in [1.54, 1.807) is 26.0 Å². The van der Waals surface area contributed by atoms with Gasteiger partial charge < -0.3 is 4.74 Å². The lowest BCUT2D eigenvalue weighted by atomic mass is 10.0. The third kappa shape index (κ3) is 3.50.